The molecule has 0 amide bonds. The van der Waals surface area contributed by atoms with Gasteiger partial charge in [0.05, 0.1) is 24.5 Å². The minimum Gasteiger partial charge on any atom is -0.391 e. The van der Waals surface area contributed by atoms with Crippen molar-refractivity contribution in [3.8, 4) is 0 Å². The highest BCUT2D eigenvalue weighted by Crippen LogP contribution is 2.14. The molecule has 1 aliphatic heterocycles. The Kier molecular flexibility index (Phi) is 4.14. The van der Waals surface area contributed by atoms with E-state index >= 15 is 0 Å². The zero-order valence-electron chi connectivity index (χ0n) is 11.5. The molecule has 0 unspecified atom stereocenters. The van der Waals surface area contributed by atoms with Gasteiger partial charge in [-0.25, -0.2) is 4.98 Å². The van der Waals surface area contributed by atoms with E-state index in [1.165, 1.54) is 22.2 Å². The molecule has 3 heterocycles. The van der Waals surface area contributed by atoms with Crippen LogP contribution in [-0.4, -0.2) is 39.1 Å². The van der Waals surface area contributed by atoms with Crippen molar-refractivity contribution in [2.45, 2.75) is 38.0 Å². The monoisotopic (exact) mass is 307 g/mol. The Morgan fingerprint density at radius 2 is 2.43 bits per heavy atom. The number of ketones is 1. The van der Waals surface area contributed by atoms with Gasteiger partial charge in [0.25, 0.3) is 5.56 Å². The maximum Gasteiger partial charge on any atom is 0.271 e. The van der Waals surface area contributed by atoms with E-state index in [0.717, 1.165) is 13.0 Å². The van der Waals surface area contributed by atoms with Gasteiger partial charge in [0.1, 0.15) is 4.70 Å². The molecule has 1 fully saturated rings. The minimum atomic E-state index is -0.489. The number of aromatic nitrogens is 2. The average Bonchev–Trinajstić information content (AvgIpc) is 2.94. The number of rotatable bonds is 4. The second kappa shape index (κ2) is 6.05. The van der Waals surface area contributed by atoms with Crippen molar-refractivity contribution in [2.75, 3.05) is 6.54 Å². The van der Waals surface area contributed by atoms with E-state index in [2.05, 4.69) is 10.3 Å². The SMILES string of the molecule is O=C(C[C@@H]1NCCC[C@H]1O)Cn1cnc2ccsc2c1=O. The van der Waals surface area contributed by atoms with E-state index in [1.54, 1.807) is 6.07 Å². The number of carbonyl (C=O) groups excluding carboxylic acids is 1. The first kappa shape index (κ1) is 14.4. The predicted octanol–water partition coefficient (Wildman–Crippen LogP) is 0.530. The van der Waals surface area contributed by atoms with Crippen molar-refractivity contribution in [3.05, 3.63) is 28.1 Å². The Bertz CT molecular complexity index is 709. The van der Waals surface area contributed by atoms with E-state index in [4.69, 9.17) is 0 Å². The Hall–Kier alpha value is -1.57. The summed E-state index contributed by atoms with van der Waals surface area (Å²) in [4.78, 5) is 28.5. The van der Waals surface area contributed by atoms with E-state index in [-0.39, 0.29) is 30.3 Å². The third-order valence-corrected chi connectivity index (χ3v) is 4.67. The standard InChI is InChI=1S/C14H17N3O3S/c18-9(6-11-12(19)2-1-4-15-11)7-17-8-16-10-3-5-21-13(10)14(17)20/h3,5,8,11-12,15,19H,1-2,4,6-7H2/t11-,12+/m0/s1. The normalized spacial score (nSPS) is 22.5. The number of nitrogens with zero attached hydrogens (tertiary/aromatic N) is 2. The molecule has 0 saturated carbocycles. The topological polar surface area (TPSA) is 84.2 Å². The van der Waals surface area contributed by atoms with Gasteiger partial charge in [-0.05, 0) is 30.8 Å². The average molecular weight is 307 g/mol. The van der Waals surface area contributed by atoms with Crippen LogP contribution in [0, 0.1) is 0 Å². The molecule has 2 aromatic heterocycles. The van der Waals surface area contributed by atoms with Crippen molar-refractivity contribution >= 4 is 27.3 Å². The van der Waals surface area contributed by atoms with Gasteiger partial charge in [-0.2, -0.15) is 0 Å². The maximum atomic E-state index is 12.2. The van der Waals surface area contributed by atoms with Gasteiger partial charge in [-0.1, -0.05) is 0 Å². The summed E-state index contributed by atoms with van der Waals surface area (Å²) in [6.45, 7) is 0.822. The minimum absolute atomic E-state index is 0.00454. The van der Waals surface area contributed by atoms with Crippen molar-refractivity contribution in [2.24, 2.45) is 0 Å². The van der Waals surface area contributed by atoms with Gasteiger partial charge in [0.2, 0.25) is 0 Å². The molecule has 2 aromatic rings. The van der Waals surface area contributed by atoms with Crippen LogP contribution < -0.4 is 10.9 Å². The quantitative estimate of drug-likeness (QED) is 0.861. The molecule has 6 nitrogen and oxygen atoms in total. The molecule has 2 atom stereocenters. The summed E-state index contributed by atoms with van der Waals surface area (Å²) in [6.07, 6.45) is 2.80. The van der Waals surface area contributed by atoms with Crippen LogP contribution in [0.4, 0.5) is 0 Å². The number of thiophene rings is 1. The summed E-state index contributed by atoms with van der Waals surface area (Å²) in [6, 6.07) is 1.58. The van der Waals surface area contributed by atoms with E-state index < -0.39 is 6.10 Å². The van der Waals surface area contributed by atoms with Gasteiger partial charge < -0.3 is 10.4 Å². The predicted molar refractivity (Wildman–Crippen MR) is 80.5 cm³/mol. The van der Waals surface area contributed by atoms with Crippen molar-refractivity contribution in [1.82, 2.24) is 14.9 Å². The highest BCUT2D eigenvalue weighted by atomic mass is 32.1. The van der Waals surface area contributed by atoms with Crippen LogP contribution in [0.1, 0.15) is 19.3 Å². The Labute approximate surface area is 125 Å². The van der Waals surface area contributed by atoms with Crippen LogP contribution in [0.25, 0.3) is 10.2 Å². The maximum absolute atomic E-state index is 12.2. The second-order valence-electron chi connectivity index (χ2n) is 5.33. The number of hydrogen-bond donors (Lipinski definition) is 2. The van der Waals surface area contributed by atoms with Crippen molar-refractivity contribution < 1.29 is 9.90 Å². The van der Waals surface area contributed by atoms with Crippen LogP contribution >= 0.6 is 11.3 Å². The fraction of sp³-hybridized carbons (Fsp3) is 0.500. The summed E-state index contributed by atoms with van der Waals surface area (Å²) in [7, 11) is 0. The molecular weight excluding hydrogens is 290 g/mol. The summed E-state index contributed by atoms with van der Waals surface area (Å²) in [5, 5.41) is 14.8. The van der Waals surface area contributed by atoms with Crippen molar-refractivity contribution in [1.29, 1.82) is 0 Å². The number of aliphatic hydroxyl groups excluding tert-OH is 1. The summed E-state index contributed by atoms with van der Waals surface area (Å²) < 4.78 is 1.91. The Morgan fingerprint density at radius 1 is 1.57 bits per heavy atom. The number of carbonyl (C=O) groups is 1. The van der Waals surface area contributed by atoms with E-state index in [0.29, 0.717) is 16.6 Å². The van der Waals surface area contributed by atoms with Crippen LogP contribution in [-0.2, 0) is 11.3 Å². The van der Waals surface area contributed by atoms with E-state index in [9.17, 15) is 14.7 Å². The second-order valence-corrected chi connectivity index (χ2v) is 6.24. The number of hydrogen-bond acceptors (Lipinski definition) is 6. The zero-order chi connectivity index (χ0) is 14.8. The van der Waals surface area contributed by atoms with Gasteiger partial charge in [0, 0.05) is 12.5 Å². The molecule has 3 rings (SSSR count). The molecule has 7 heteroatoms. The Balaban J connectivity index is 1.71. The summed E-state index contributed by atoms with van der Waals surface area (Å²) >= 11 is 1.33. The number of Topliss-reactive ketones (excluding diaryl/α,β-unsaturated/α-hetero) is 1. The van der Waals surface area contributed by atoms with Gasteiger partial charge >= 0.3 is 0 Å². The summed E-state index contributed by atoms with van der Waals surface area (Å²) in [5.74, 6) is -0.0757. The number of aliphatic hydroxyl groups is 1. The van der Waals surface area contributed by atoms with Gasteiger partial charge in [-0.15, -0.1) is 11.3 Å². The first-order valence-electron chi connectivity index (χ1n) is 7.01. The molecule has 1 aliphatic rings. The van der Waals surface area contributed by atoms with Crippen molar-refractivity contribution in [3.63, 3.8) is 0 Å². The zero-order valence-corrected chi connectivity index (χ0v) is 12.3. The number of piperidine rings is 1. The molecule has 0 bridgehead atoms. The molecular formula is C14H17N3O3S. The number of nitrogens with one attached hydrogen (secondary N) is 1. The smallest absolute Gasteiger partial charge is 0.271 e. The lowest BCUT2D eigenvalue weighted by atomic mass is 9.97. The summed E-state index contributed by atoms with van der Waals surface area (Å²) in [5.41, 5.74) is 0.485. The largest absolute Gasteiger partial charge is 0.391 e. The highest BCUT2D eigenvalue weighted by molar-refractivity contribution is 7.17. The highest BCUT2D eigenvalue weighted by Gasteiger charge is 2.25. The van der Waals surface area contributed by atoms with Crippen LogP contribution in [0.5, 0.6) is 0 Å². The molecule has 0 radical (unpaired) electrons. The number of fused-ring (bicyclic) bond motifs is 1. The lowest BCUT2D eigenvalue weighted by Crippen LogP contribution is -2.46. The lowest BCUT2D eigenvalue weighted by Gasteiger charge is -2.28. The first-order valence-corrected chi connectivity index (χ1v) is 7.89. The van der Waals surface area contributed by atoms with Gasteiger partial charge in [-0.3, -0.25) is 14.2 Å². The van der Waals surface area contributed by atoms with Gasteiger partial charge in [0.15, 0.2) is 5.78 Å². The first-order chi connectivity index (χ1) is 10.1. The fourth-order valence-corrected chi connectivity index (χ4v) is 3.43. The lowest BCUT2D eigenvalue weighted by molar-refractivity contribution is -0.121. The Morgan fingerprint density at radius 3 is 3.24 bits per heavy atom. The fourth-order valence-electron chi connectivity index (χ4n) is 2.64. The molecule has 2 N–H and O–H groups in total. The third kappa shape index (κ3) is 3.04. The molecule has 1 saturated heterocycles. The van der Waals surface area contributed by atoms with E-state index in [1.807, 2.05) is 5.38 Å². The van der Waals surface area contributed by atoms with Crippen LogP contribution in [0.2, 0.25) is 0 Å². The molecule has 0 aliphatic carbocycles. The molecule has 112 valence electrons. The molecule has 0 spiro atoms. The van der Waals surface area contributed by atoms with Crippen LogP contribution in [0.3, 0.4) is 0 Å². The molecule has 0 aromatic carbocycles. The van der Waals surface area contributed by atoms with Crippen LogP contribution in [0.15, 0.2) is 22.6 Å². The molecule has 21 heavy (non-hydrogen) atoms. The third-order valence-electron chi connectivity index (χ3n) is 3.78.